The maximum Gasteiger partial charge on any atom is 0.416 e. The van der Waals surface area contributed by atoms with Crippen LogP contribution in [0.4, 0.5) is 13.2 Å². The number of amides is 2. The molecule has 2 amide bonds. The van der Waals surface area contributed by atoms with Crippen molar-refractivity contribution in [3.8, 4) is 0 Å². The van der Waals surface area contributed by atoms with Crippen LogP contribution in [0.1, 0.15) is 45.8 Å². The average molecular weight is 515 g/mol. The van der Waals surface area contributed by atoms with E-state index in [2.05, 4.69) is 0 Å². The topological polar surface area (TPSA) is 63.0 Å². The number of hydrogen-bond acceptors (Lipinski definition) is 4. The molecule has 1 aromatic heterocycles. The maximum absolute atomic E-state index is 13.6. The quantitative estimate of drug-likeness (QED) is 0.381. The predicted molar refractivity (Wildman–Crippen MR) is 130 cm³/mol. The van der Waals surface area contributed by atoms with E-state index in [1.807, 2.05) is 37.3 Å². The van der Waals surface area contributed by atoms with Gasteiger partial charge in [-0.3, -0.25) is 9.59 Å². The molecule has 0 spiro atoms. The van der Waals surface area contributed by atoms with Gasteiger partial charge >= 0.3 is 6.18 Å². The minimum atomic E-state index is -4.58. The standard InChI is InChI=1S/C28H29F3N2O4/c1-20-12-13-25(37-20)18-32(16-21-7-3-2-4-8-21)26(34)19-33(17-24-11-6-14-36-24)27(35)22-9-5-10-23(15-22)28(29,30)31/h2-5,7-10,12-13,15,24H,6,11,14,16-19H2,1H3. The second-order valence-corrected chi connectivity index (χ2v) is 9.15. The van der Waals surface area contributed by atoms with Gasteiger partial charge in [0.15, 0.2) is 0 Å². The first-order valence-corrected chi connectivity index (χ1v) is 12.1. The molecule has 0 saturated carbocycles. The van der Waals surface area contributed by atoms with Crippen LogP contribution in [0.2, 0.25) is 0 Å². The zero-order valence-electron chi connectivity index (χ0n) is 20.5. The van der Waals surface area contributed by atoms with Crippen molar-refractivity contribution in [2.75, 3.05) is 19.7 Å². The number of halogens is 3. The molecule has 4 rings (SSSR count). The molecular formula is C28H29F3N2O4. The second-order valence-electron chi connectivity index (χ2n) is 9.15. The molecule has 0 bridgehead atoms. The first-order valence-electron chi connectivity index (χ1n) is 12.1. The number of aryl methyl sites for hydroxylation is 1. The first kappa shape index (κ1) is 26.5. The molecule has 9 heteroatoms. The molecular weight excluding hydrogens is 485 g/mol. The van der Waals surface area contributed by atoms with Crippen molar-refractivity contribution in [1.29, 1.82) is 0 Å². The van der Waals surface area contributed by atoms with E-state index in [4.69, 9.17) is 9.15 Å². The molecule has 1 fully saturated rings. The van der Waals surface area contributed by atoms with E-state index in [0.717, 1.165) is 24.1 Å². The molecule has 1 saturated heterocycles. The number of hydrogen-bond donors (Lipinski definition) is 0. The summed E-state index contributed by atoms with van der Waals surface area (Å²) in [5.74, 6) is 0.304. The van der Waals surface area contributed by atoms with Crippen LogP contribution < -0.4 is 0 Å². The lowest BCUT2D eigenvalue weighted by atomic mass is 10.1. The Morgan fingerprint density at radius 2 is 1.76 bits per heavy atom. The Balaban J connectivity index is 1.58. The number of benzene rings is 2. The van der Waals surface area contributed by atoms with E-state index in [1.54, 1.807) is 17.0 Å². The van der Waals surface area contributed by atoms with Gasteiger partial charge in [-0.2, -0.15) is 13.2 Å². The van der Waals surface area contributed by atoms with Gasteiger partial charge in [0, 0.05) is 25.3 Å². The molecule has 0 N–H and O–H groups in total. The number of carbonyl (C=O) groups is 2. The van der Waals surface area contributed by atoms with Gasteiger partial charge < -0.3 is 19.0 Å². The molecule has 196 valence electrons. The Kier molecular flexibility index (Phi) is 8.33. The summed E-state index contributed by atoms with van der Waals surface area (Å²) in [4.78, 5) is 29.8. The third-order valence-corrected chi connectivity index (χ3v) is 6.21. The molecule has 3 aromatic rings. The third kappa shape index (κ3) is 7.22. The van der Waals surface area contributed by atoms with Gasteiger partial charge in [0.05, 0.1) is 18.2 Å². The summed E-state index contributed by atoms with van der Waals surface area (Å²) in [5, 5.41) is 0. The Bertz CT molecular complexity index is 1200. The molecule has 37 heavy (non-hydrogen) atoms. The molecule has 0 radical (unpaired) electrons. The fourth-order valence-electron chi connectivity index (χ4n) is 4.32. The molecule has 2 heterocycles. The highest BCUT2D eigenvalue weighted by Gasteiger charge is 2.32. The fraction of sp³-hybridized carbons (Fsp3) is 0.357. The van der Waals surface area contributed by atoms with Crippen LogP contribution in [0, 0.1) is 6.92 Å². The molecule has 1 atom stereocenters. The van der Waals surface area contributed by atoms with Crippen molar-refractivity contribution < 1.29 is 31.9 Å². The normalized spacial score (nSPS) is 15.5. The minimum absolute atomic E-state index is 0.111. The number of carbonyl (C=O) groups excluding carboxylic acids is 2. The van der Waals surface area contributed by atoms with E-state index in [0.29, 0.717) is 24.5 Å². The number of alkyl halides is 3. The summed E-state index contributed by atoms with van der Waals surface area (Å²) in [6.07, 6.45) is -3.33. The van der Waals surface area contributed by atoms with Crippen LogP contribution in [0.25, 0.3) is 0 Å². The molecule has 6 nitrogen and oxygen atoms in total. The minimum Gasteiger partial charge on any atom is -0.464 e. The summed E-state index contributed by atoms with van der Waals surface area (Å²) in [7, 11) is 0. The Labute approximate surface area is 213 Å². The lowest BCUT2D eigenvalue weighted by Crippen LogP contribution is -2.45. The first-order chi connectivity index (χ1) is 17.7. The Hall–Kier alpha value is -3.59. The van der Waals surface area contributed by atoms with Crippen molar-refractivity contribution in [1.82, 2.24) is 9.80 Å². The summed E-state index contributed by atoms with van der Waals surface area (Å²) in [6, 6.07) is 17.3. The summed E-state index contributed by atoms with van der Waals surface area (Å²) in [6.45, 7) is 2.63. The molecule has 1 aliphatic rings. The zero-order chi connectivity index (χ0) is 26.4. The van der Waals surface area contributed by atoms with Gasteiger partial charge in [0.25, 0.3) is 5.91 Å². The van der Waals surface area contributed by atoms with Gasteiger partial charge in [0.2, 0.25) is 5.91 Å². The highest BCUT2D eigenvalue weighted by molar-refractivity contribution is 5.96. The molecule has 2 aromatic carbocycles. The third-order valence-electron chi connectivity index (χ3n) is 6.21. The highest BCUT2D eigenvalue weighted by Crippen LogP contribution is 2.30. The number of nitrogens with zero attached hydrogens (tertiary/aromatic N) is 2. The maximum atomic E-state index is 13.6. The lowest BCUT2D eigenvalue weighted by molar-refractivity contribution is -0.137. The monoisotopic (exact) mass is 514 g/mol. The molecule has 1 aliphatic heterocycles. The number of rotatable bonds is 9. The van der Waals surface area contributed by atoms with Crippen LogP contribution in [-0.4, -0.2) is 47.4 Å². The van der Waals surface area contributed by atoms with Crippen molar-refractivity contribution in [3.05, 3.63) is 94.9 Å². The largest absolute Gasteiger partial charge is 0.464 e. The average Bonchev–Trinajstić information content (AvgIpc) is 3.54. The zero-order valence-corrected chi connectivity index (χ0v) is 20.5. The molecule has 1 unspecified atom stereocenters. The Morgan fingerprint density at radius 3 is 2.41 bits per heavy atom. The van der Waals surface area contributed by atoms with Crippen molar-refractivity contribution in [3.63, 3.8) is 0 Å². The highest BCUT2D eigenvalue weighted by atomic mass is 19.4. The van der Waals surface area contributed by atoms with E-state index in [9.17, 15) is 22.8 Å². The van der Waals surface area contributed by atoms with E-state index >= 15 is 0 Å². The molecule has 0 aliphatic carbocycles. The van der Waals surface area contributed by atoms with Gasteiger partial charge in [-0.05, 0) is 55.7 Å². The Morgan fingerprint density at radius 1 is 0.973 bits per heavy atom. The van der Waals surface area contributed by atoms with Gasteiger partial charge in [-0.1, -0.05) is 36.4 Å². The lowest BCUT2D eigenvalue weighted by Gasteiger charge is -2.29. The number of furan rings is 1. The predicted octanol–water partition coefficient (Wildman–Crippen LogP) is 5.46. The van der Waals surface area contributed by atoms with E-state index in [1.165, 1.54) is 17.0 Å². The van der Waals surface area contributed by atoms with Crippen LogP contribution in [0.15, 0.2) is 71.1 Å². The van der Waals surface area contributed by atoms with Crippen LogP contribution in [0.3, 0.4) is 0 Å². The van der Waals surface area contributed by atoms with Crippen LogP contribution in [-0.2, 0) is 28.8 Å². The SMILES string of the molecule is Cc1ccc(CN(Cc2ccccc2)C(=O)CN(CC2CCCO2)C(=O)c2cccc(C(F)(F)F)c2)o1. The second kappa shape index (κ2) is 11.6. The van der Waals surface area contributed by atoms with Gasteiger partial charge in [0.1, 0.15) is 18.1 Å². The summed E-state index contributed by atoms with van der Waals surface area (Å²) >= 11 is 0. The number of ether oxygens (including phenoxy) is 1. The van der Waals surface area contributed by atoms with Crippen molar-refractivity contribution in [2.45, 2.75) is 45.1 Å². The van der Waals surface area contributed by atoms with Gasteiger partial charge in [-0.25, -0.2) is 0 Å². The van der Waals surface area contributed by atoms with Crippen molar-refractivity contribution in [2.24, 2.45) is 0 Å². The van der Waals surface area contributed by atoms with E-state index < -0.39 is 17.6 Å². The summed E-state index contributed by atoms with van der Waals surface area (Å²) < 4.78 is 51.2. The van der Waals surface area contributed by atoms with Gasteiger partial charge in [-0.15, -0.1) is 0 Å². The smallest absolute Gasteiger partial charge is 0.416 e. The van der Waals surface area contributed by atoms with Crippen LogP contribution >= 0.6 is 0 Å². The fourth-order valence-corrected chi connectivity index (χ4v) is 4.32. The van der Waals surface area contributed by atoms with Crippen molar-refractivity contribution >= 4 is 11.8 Å². The summed E-state index contributed by atoms with van der Waals surface area (Å²) in [5.41, 5.74) is -0.147. The van der Waals surface area contributed by atoms with E-state index in [-0.39, 0.29) is 43.8 Å². The van der Waals surface area contributed by atoms with Crippen LogP contribution in [0.5, 0.6) is 0 Å².